The fourth-order valence-corrected chi connectivity index (χ4v) is 3.15. The predicted octanol–water partition coefficient (Wildman–Crippen LogP) is 1.16. The summed E-state index contributed by atoms with van der Waals surface area (Å²) >= 11 is 0. The zero-order chi connectivity index (χ0) is 9.15. The van der Waals surface area contributed by atoms with Crippen LogP contribution in [0.2, 0.25) is 0 Å². The van der Waals surface area contributed by atoms with Crippen molar-refractivity contribution >= 4 is 0 Å². The standard InChI is InChI=1S/C10H18O2/c1-9(2)6-4-7(9)10(3,12)8(11)5-6/h6-8,11-12H,4-5H2,1-3H3/t6-,7-,8+,10?/m1/s1. The van der Waals surface area contributed by atoms with E-state index in [-0.39, 0.29) is 5.41 Å². The van der Waals surface area contributed by atoms with Crippen LogP contribution in [0.4, 0.5) is 0 Å². The fraction of sp³-hybridized carbons (Fsp3) is 1.00. The summed E-state index contributed by atoms with van der Waals surface area (Å²) in [5.74, 6) is 0.913. The highest BCUT2D eigenvalue weighted by atomic mass is 16.3. The molecule has 3 fully saturated rings. The molecule has 0 aromatic rings. The minimum atomic E-state index is -0.849. The van der Waals surface area contributed by atoms with Gasteiger partial charge in [0.1, 0.15) is 0 Å². The summed E-state index contributed by atoms with van der Waals surface area (Å²) in [7, 11) is 0. The van der Waals surface area contributed by atoms with Crippen molar-refractivity contribution in [1.29, 1.82) is 0 Å². The number of aliphatic hydroxyl groups is 2. The molecule has 2 bridgehead atoms. The number of hydrogen-bond donors (Lipinski definition) is 2. The molecule has 3 saturated carbocycles. The van der Waals surface area contributed by atoms with Gasteiger partial charge in [-0.1, -0.05) is 13.8 Å². The van der Waals surface area contributed by atoms with Gasteiger partial charge < -0.3 is 10.2 Å². The fourth-order valence-electron chi connectivity index (χ4n) is 3.15. The van der Waals surface area contributed by atoms with Gasteiger partial charge in [-0.25, -0.2) is 0 Å². The molecule has 70 valence electrons. The molecule has 0 heterocycles. The minimum absolute atomic E-state index is 0.239. The van der Waals surface area contributed by atoms with Gasteiger partial charge in [-0.3, -0.25) is 0 Å². The highest BCUT2D eigenvalue weighted by Gasteiger charge is 2.62. The maximum absolute atomic E-state index is 10.0. The van der Waals surface area contributed by atoms with Crippen molar-refractivity contribution in [1.82, 2.24) is 0 Å². The lowest BCUT2D eigenvalue weighted by atomic mass is 9.43. The van der Waals surface area contributed by atoms with Crippen molar-refractivity contribution in [2.75, 3.05) is 0 Å². The molecular formula is C10H18O2. The molecule has 4 atom stereocenters. The summed E-state index contributed by atoms with van der Waals surface area (Å²) in [6, 6.07) is 0. The van der Waals surface area contributed by atoms with Gasteiger partial charge >= 0.3 is 0 Å². The van der Waals surface area contributed by atoms with Crippen LogP contribution in [0.15, 0.2) is 0 Å². The summed E-state index contributed by atoms with van der Waals surface area (Å²) in [4.78, 5) is 0. The first-order chi connectivity index (χ1) is 5.37. The summed E-state index contributed by atoms with van der Waals surface area (Å²) in [6.45, 7) is 6.18. The molecule has 3 rings (SSSR count). The van der Waals surface area contributed by atoms with Gasteiger partial charge in [-0.05, 0) is 37.0 Å². The highest BCUT2D eigenvalue weighted by Crippen LogP contribution is 2.62. The summed E-state index contributed by atoms with van der Waals surface area (Å²) < 4.78 is 0. The van der Waals surface area contributed by atoms with E-state index in [0.29, 0.717) is 11.8 Å². The molecule has 0 spiro atoms. The van der Waals surface area contributed by atoms with Crippen LogP contribution in [0.1, 0.15) is 33.6 Å². The molecule has 2 N–H and O–H groups in total. The van der Waals surface area contributed by atoms with Gasteiger partial charge in [0, 0.05) is 0 Å². The summed E-state index contributed by atoms with van der Waals surface area (Å²) in [6.07, 6.45) is 1.36. The van der Waals surface area contributed by atoms with Gasteiger partial charge in [0.05, 0.1) is 11.7 Å². The van der Waals surface area contributed by atoms with E-state index < -0.39 is 11.7 Å². The third kappa shape index (κ3) is 0.775. The molecule has 3 aliphatic carbocycles. The second kappa shape index (κ2) is 2.05. The largest absolute Gasteiger partial charge is 0.390 e. The van der Waals surface area contributed by atoms with E-state index in [1.54, 1.807) is 6.92 Å². The lowest BCUT2D eigenvalue weighted by Crippen LogP contribution is -2.66. The lowest BCUT2D eigenvalue weighted by Gasteiger charge is -2.64. The second-order valence-electron chi connectivity index (χ2n) is 5.28. The third-order valence-electron chi connectivity index (χ3n) is 4.36. The van der Waals surface area contributed by atoms with Gasteiger partial charge in [0.15, 0.2) is 0 Å². The van der Waals surface area contributed by atoms with Crippen molar-refractivity contribution in [3.05, 3.63) is 0 Å². The molecule has 3 aliphatic rings. The van der Waals surface area contributed by atoms with Crippen LogP contribution < -0.4 is 0 Å². The zero-order valence-corrected chi connectivity index (χ0v) is 8.04. The Balaban J connectivity index is 2.27. The summed E-state index contributed by atoms with van der Waals surface area (Å²) in [5, 5.41) is 19.7. The lowest BCUT2D eigenvalue weighted by molar-refractivity contribution is -0.245. The van der Waals surface area contributed by atoms with Crippen LogP contribution in [0.5, 0.6) is 0 Å². The molecule has 0 amide bonds. The average Bonchev–Trinajstić information content (AvgIpc) is 1.93. The number of aliphatic hydroxyl groups excluding tert-OH is 1. The van der Waals surface area contributed by atoms with E-state index >= 15 is 0 Å². The topological polar surface area (TPSA) is 40.5 Å². The van der Waals surface area contributed by atoms with Crippen molar-refractivity contribution in [2.45, 2.75) is 45.3 Å². The van der Waals surface area contributed by atoms with E-state index in [2.05, 4.69) is 13.8 Å². The third-order valence-corrected chi connectivity index (χ3v) is 4.36. The Bertz CT molecular complexity index is 208. The van der Waals surface area contributed by atoms with Gasteiger partial charge in [0.25, 0.3) is 0 Å². The smallest absolute Gasteiger partial charge is 0.0910 e. The van der Waals surface area contributed by atoms with Crippen LogP contribution in [-0.4, -0.2) is 21.9 Å². The summed E-state index contributed by atoms with van der Waals surface area (Å²) in [5.41, 5.74) is -0.610. The maximum atomic E-state index is 10.0. The van der Waals surface area contributed by atoms with E-state index in [9.17, 15) is 10.2 Å². The molecule has 0 aliphatic heterocycles. The maximum Gasteiger partial charge on any atom is 0.0910 e. The molecule has 0 aromatic carbocycles. The quantitative estimate of drug-likeness (QED) is 0.573. The van der Waals surface area contributed by atoms with Gasteiger partial charge in [-0.15, -0.1) is 0 Å². The molecule has 1 unspecified atom stereocenters. The SMILES string of the molecule is CC1(C)[C@@H]2C[C@H]1C(C)(O)[C@@H](O)C2. The normalized spacial score (nSPS) is 56.2. The highest BCUT2D eigenvalue weighted by molar-refractivity contribution is 5.12. The molecule has 2 nitrogen and oxygen atoms in total. The van der Waals surface area contributed by atoms with Crippen LogP contribution in [0, 0.1) is 17.3 Å². The van der Waals surface area contributed by atoms with Gasteiger partial charge in [0.2, 0.25) is 0 Å². The Morgan fingerprint density at radius 2 is 1.75 bits per heavy atom. The molecule has 0 aromatic heterocycles. The molecule has 2 heteroatoms. The van der Waals surface area contributed by atoms with Crippen molar-refractivity contribution in [3.63, 3.8) is 0 Å². The minimum Gasteiger partial charge on any atom is -0.390 e. The van der Waals surface area contributed by atoms with Crippen molar-refractivity contribution < 1.29 is 10.2 Å². The van der Waals surface area contributed by atoms with Crippen LogP contribution in [-0.2, 0) is 0 Å². The second-order valence-corrected chi connectivity index (χ2v) is 5.28. The van der Waals surface area contributed by atoms with E-state index in [1.165, 1.54) is 0 Å². The Labute approximate surface area is 73.6 Å². The zero-order valence-electron chi connectivity index (χ0n) is 8.04. The molecule has 0 radical (unpaired) electrons. The first-order valence-electron chi connectivity index (χ1n) is 4.77. The number of rotatable bonds is 0. The average molecular weight is 170 g/mol. The van der Waals surface area contributed by atoms with Crippen molar-refractivity contribution in [2.24, 2.45) is 17.3 Å². The van der Waals surface area contributed by atoms with Crippen LogP contribution >= 0.6 is 0 Å². The first-order valence-corrected chi connectivity index (χ1v) is 4.77. The molecular weight excluding hydrogens is 152 g/mol. The van der Waals surface area contributed by atoms with Gasteiger partial charge in [-0.2, -0.15) is 0 Å². The predicted molar refractivity (Wildman–Crippen MR) is 46.6 cm³/mol. The molecule has 12 heavy (non-hydrogen) atoms. The van der Waals surface area contributed by atoms with E-state index in [4.69, 9.17) is 0 Å². The monoisotopic (exact) mass is 170 g/mol. The number of hydrogen-bond acceptors (Lipinski definition) is 2. The van der Waals surface area contributed by atoms with Crippen LogP contribution in [0.25, 0.3) is 0 Å². The Kier molecular flexibility index (Phi) is 1.45. The Hall–Kier alpha value is -0.0800. The van der Waals surface area contributed by atoms with Crippen LogP contribution in [0.3, 0.4) is 0 Å². The van der Waals surface area contributed by atoms with E-state index in [1.807, 2.05) is 0 Å². The Morgan fingerprint density at radius 1 is 1.17 bits per heavy atom. The van der Waals surface area contributed by atoms with Crippen molar-refractivity contribution in [3.8, 4) is 0 Å². The Morgan fingerprint density at radius 3 is 2.08 bits per heavy atom. The van der Waals surface area contributed by atoms with E-state index in [0.717, 1.165) is 12.8 Å². The number of fused-ring (bicyclic) bond motifs is 2. The first kappa shape index (κ1) is 8.52. The molecule has 0 saturated heterocycles.